The Morgan fingerprint density at radius 1 is 0.270 bits per heavy atom. The van der Waals surface area contributed by atoms with Crippen LogP contribution in [-0.4, -0.2) is 37.2 Å². The zero-order valence-corrected chi connectivity index (χ0v) is 50.1. The molecule has 0 bridgehead atoms. The van der Waals surface area contributed by atoms with Crippen molar-refractivity contribution in [1.82, 2.24) is 0 Å². The van der Waals surface area contributed by atoms with Crippen molar-refractivity contribution in [3.63, 3.8) is 0 Å². The second-order valence-corrected chi connectivity index (χ2v) is 22.7. The van der Waals surface area contributed by atoms with E-state index in [1.165, 1.54) is 263 Å². The fraction of sp³-hybridized carbons (Fsp3) is 0.897. The number of hydrogen-bond donors (Lipinski definition) is 0. The fourth-order valence-corrected chi connectivity index (χ4v) is 10.2. The summed E-state index contributed by atoms with van der Waals surface area (Å²) in [6.07, 6.45) is 76.2. The Balaban J connectivity index is 4.23. The second-order valence-electron chi connectivity index (χ2n) is 22.7. The number of carbonyl (C=O) groups is 3. The first-order valence-corrected chi connectivity index (χ1v) is 33.3. The summed E-state index contributed by atoms with van der Waals surface area (Å²) in [5, 5.41) is 0. The lowest BCUT2D eigenvalue weighted by Crippen LogP contribution is -2.30. The smallest absolute Gasteiger partial charge is 0.306 e. The highest BCUT2D eigenvalue weighted by atomic mass is 16.6. The number of ether oxygens (including phenoxy) is 3. The molecule has 6 heteroatoms. The molecule has 0 saturated heterocycles. The minimum absolute atomic E-state index is 0.0684. The highest BCUT2D eigenvalue weighted by Crippen LogP contribution is 2.18. The Morgan fingerprint density at radius 2 is 0.486 bits per heavy atom. The third-order valence-electron chi connectivity index (χ3n) is 15.2. The van der Waals surface area contributed by atoms with Crippen LogP contribution in [0.25, 0.3) is 0 Å². The average molecular weight is 1040 g/mol. The molecule has 0 amide bonds. The number of rotatable bonds is 62. The van der Waals surface area contributed by atoms with Crippen molar-refractivity contribution in [3.05, 3.63) is 24.3 Å². The molecule has 0 radical (unpaired) electrons. The van der Waals surface area contributed by atoms with E-state index in [-0.39, 0.29) is 31.1 Å². The number of carbonyl (C=O) groups excluding carboxylic acids is 3. The normalized spacial score (nSPS) is 12.1. The first-order valence-electron chi connectivity index (χ1n) is 33.3. The molecular formula is C68H128O6. The molecule has 0 aliphatic rings. The monoisotopic (exact) mass is 1040 g/mol. The molecule has 0 aromatic carbocycles. The van der Waals surface area contributed by atoms with E-state index < -0.39 is 6.10 Å². The van der Waals surface area contributed by atoms with Crippen LogP contribution in [-0.2, 0) is 28.6 Å². The summed E-state index contributed by atoms with van der Waals surface area (Å²) in [4.78, 5) is 38.3. The van der Waals surface area contributed by atoms with E-state index in [9.17, 15) is 14.4 Å². The van der Waals surface area contributed by atoms with Crippen LogP contribution >= 0.6 is 0 Å². The van der Waals surface area contributed by atoms with Gasteiger partial charge >= 0.3 is 17.9 Å². The standard InChI is InChI=1S/C68H128O6/c1-4-7-10-13-16-19-22-25-27-29-31-32-33-34-35-36-37-39-40-43-46-49-52-55-58-61-67(70)73-64-65(63-72-66(69)60-57-54-51-48-45-42-24-21-18-15-12-9-6-3)74-68(71)62-59-56-53-50-47-44-41-38-30-28-26-23-20-17-14-11-8-5-2/h20,23,28,30,65H,4-19,21-22,24-27,29,31-64H2,1-3H3/b23-20-,30-28-. The van der Waals surface area contributed by atoms with Crippen LogP contribution in [0, 0.1) is 0 Å². The van der Waals surface area contributed by atoms with Gasteiger partial charge in [-0.3, -0.25) is 14.4 Å². The second kappa shape index (κ2) is 63.4. The zero-order valence-electron chi connectivity index (χ0n) is 50.1. The Morgan fingerprint density at radius 3 is 0.757 bits per heavy atom. The van der Waals surface area contributed by atoms with Gasteiger partial charge in [0.2, 0.25) is 0 Å². The van der Waals surface area contributed by atoms with Crippen molar-refractivity contribution in [2.24, 2.45) is 0 Å². The zero-order chi connectivity index (χ0) is 53.6. The van der Waals surface area contributed by atoms with Gasteiger partial charge < -0.3 is 14.2 Å². The van der Waals surface area contributed by atoms with Gasteiger partial charge in [0.1, 0.15) is 13.2 Å². The molecule has 0 aromatic heterocycles. The Bertz CT molecular complexity index is 1190. The lowest BCUT2D eigenvalue weighted by atomic mass is 10.0. The van der Waals surface area contributed by atoms with E-state index in [0.29, 0.717) is 19.3 Å². The van der Waals surface area contributed by atoms with E-state index in [2.05, 4.69) is 45.1 Å². The van der Waals surface area contributed by atoms with Crippen molar-refractivity contribution in [3.8, 4) is 0 Å². The summed E-state index contributed by atoms with van der Waals surface area (Å²) >= 11 is 0. The van der Waals surface area contributed by atoms with E-state index in [0.717, 1.165) is 70.6 Å². The predicted molar refractivity (Wildman–Crippen MR) is 321 cm³/mol. The van der Waals surface area contributed by atoms with Gasteiger partial charge in [0.25, 0.3) is 0 Å². The summed E-state index contributed by atoms with van der Waals surface area (Å²) in [6, 6.07) is 0. The Labute approximate surface area is 462 Å². The molecule has 0 saturated carbocycles. The quantitative estimate of drug-likeness (QED) is 0.0261. The molecule has 6 nitrogen and oxygen atoms in total. The van der Waals surface area contributed by atoms with E-state index in [1.54, 1.807) is 0 Å². The van der Waals surface area contributed by atoms with Crippen molar-refractivity contribution in [1.29, 1.82) is 0 Å². The highest BCUT2D eigenvalue weighted by Gasteiger charge is 2.19. The highest BCUT2D eigenvalue weighted by molar-refractivity contribution is 5.71. The molecule has 436 valence electrons. The summed E-state index contributed by atoms with van der Waals surface area (Å²) in [6.45, 7) is 6.69. The van der Waals surface area contributed by atoms with Gasteiger partial charge in [-0.05, 0) is 51.4 Å². The maximum absolute atomic E-state index is 12.9. The van der Waals surface area contributed by atoms with Crippen LogP contribution in [0.4, 0.5) is 0 Å². The van der Waals surface area contributed by atoms with Gasteiger partial charge in [0.15, 0.2) is 6.10 Å². The predicted octanol–water partition coefficient (Wildman–Crippen LogP) is 22.6. The van der Waals surface area contributed by atoms with Gasteiger partial charge in [-0.25, -0.2) is 0 Å². The SMILES string of the molecule is CCCCCC/C=C\C/C=C\CCCCCCCCCC(=O)OC(COC(=O)CCCCCCCCCCCCCCC)COC(=O)CCCCCCCCCCCCCCCCCCCCCCCCCCC. The molecule has 0 heterocycles. The fourth-order valence-electron chi connectivity index (χ4n) is 10.2. The molecule has 0 rings (SSSR count). The summed E-state index contributed by atoms with van der Waals surface area (Å²) < 4.78 is 17.0. The van der Waals surface area contributed by atoms with E-state index in [1.807, 2.05) is 0 Å². The summed E-state index contributed by atoms with van der Waals surface area (Å²) in [5.41, 5.74) is 0. The van der Waals surface area contributed by atoms with Crippen LogP contribution < -0.4 is 0 Å². The lowest BCUT2D eigenvalue weighted by molar-refractivity contribution is -0.167. The van der Waals surface area contributed by atoms with Crippen molar-refractivity contribution < 1.29 is 28.6 Å². The van der Waals surface area contributed by atoms with Crippen molar-refractivity contribution >= 4 is 17.9 Å². The number of allylic oxidation sites excluding steroid dienone is 4. The minimum atomic E-state index is -0.772. The topological polar surface area (TPSA) is 78.9 Å². The third-order valence-corrected chi connectivity index (χ3v) is 15.2. The molecule has 74 heavy (non-hydrogen) atoms. The first kappa shape index (κ1) is 71.9. The van der Waals surface area contributed by atoms with Gasteiger partial charge in [-0.1, -0.05) is 328 Å². The summed E-state index contributed by atoms with van der Waals surface area (Å²) in [7, 11) is 0. The molecule has 1 atom stereocenters. The number of unbranched alkanes of at least 4 members (excludes halogenated alkanes) is 47. The van der Waals surface area contributed by atoms with Crippen LogP contribution in [0.2, 0.25) is 0 Å². The molecule has 1 unspecified atom stereocenters. The minimum Gasteiger partial charge on any atom is -0.462 e. The molecule has 0 aliphatic heterocycles. The van der Waals surface area contributed by atoms with Gasteiger partial charge in [-0.15, -0.1) is 0 Å². The number of hydrogen-bond acceptors (Lipinski definition) is 6. The van der Waals surface area contributed by atoms with Crippen LogP contribution in [0.15, 0.2) is 24.3 Å². The van der Waals surface area contributed by atoms with Crippen LogP contribution in [0.3, 0.4) is 0 Å². The van der Waals surface area contributed by atoms with Gasteiger partial charge in [0.05, 0.1) is 0 Å². The molecular weight excluding hydrogens is 913 g/mol. The number of esters is 3. The third kappa shape index (κ3) is 60.8. The van der Waals surface area contributed by atoms with Gasteiger partial charge in [0, 0.05) is 19.3 Å². The van der Waals surface area contributed by atoms with Crippen molar-refractivity contribution in [2.75, 3.05) is 13.2 Å². The molecule has 0 spiro atoms. The maximum Gasteiger partial charge on any atom is 0.306 e. The molecule has 0 fully saturated rings. The Kier molecular flexibility index (Phi) is 61.6. The van der Waals surface area contributed by atoms with Crippen LogP contribution in [0.1, 0.15) is 374 Å². The van der Waals surface area contributed by atoms with E-state index >= 15 is 0 Å². The summed E-state index contributed by atoms with van der Waals surface area (Å²) in [5.74, 6) is -0.848. The van der Waals surface area contributed by atoms with E-state index in [4.69, 9.17) is 14.2 Å². The van der Waals surface area contributed by atoms with Crippen LogP contribution in [0.5, 0.6) is 0 Å². The molecule has 0 aliphatic carbocycles. The largest absolute Gasteiger partial charge is 0.462 e. The average Bonchev–Trinajstić information content (AvgIpc) is 3.40. The lowest BCUT2D eigenvalue weighted by Gasteiger charge is -2.18. The Hall–Kier alpha value is -2.11. The van der Waals surface area contributed by atoms with Gasteiger partial charge in [-0.2, -0.15) is 0 Å². The molecule has 0 N–H and O–H groups in total. The first-order chi connectivity index (χ1) is 36.5. The van der Waals surface area contributed by atoms with Crippen molar-refractivity contribution in [2.45, 2.75) is 380 Å². The maximum atomic E-state index is 12.9. The molecule has 0 aromatic rings.